The summed E-state index contributed by atoms with van der Waals surface area (Å²) in [4.78, 5) is 0. The van der Waals surface area contributed by atoms with Crippen LogP contribution in [0.3, 0.4) is 0 Å². The number of nitrogens with one attached hydrogen (secondary N) is 2. The molecular formula is C13H19FN2OS. The third-order valence-corrected chi connectivity index (χ3v) is 2.82. The van der Waals surface area contributed by atoms with Crippen LogP contribution in [-0.2, 0) is 0 Å². The van der Waals surface area contributed by atoms with E-state index in [9.17, 15) is 4.39 Å². The number of halogens is 1. The highest BCUT2D eigenvalue weighted by atomic mass is 32.1. The first kappa shape index (κ1) is 14.7. The van der Waals surface area contributed by atoms with Gasteiger partial charge in [-0.05, 0) is 43.3 Å². The molecule has 1 aromatic carbocycles. The second-order valence-electron chi connectivity index (χ2n) is 4.02. The fraction of sp³-hybridized carbons (Fsp3) is 0.462. The van der Waals surface area contributed by atoms with Gasteiger partial charge in [0.15, 0.2) is 16.7 Å². The highest BCUT2D eigenvalue weighted by Crippen LogP contribution is 2.21. The van der Waals surface area contributed by atoms with Crippen molar-refractivity contribution in [3.8, 4) is 5.75 Å². The van der Waals surface area contributed by atoms with Crippen LogP contribution in [0.4, 0.5) is 4.39 Å². The molecule has 2 N–H and O–H groups in total. The zero-order valence-corrected chi connectivity index (χ0v) is 11.7. The zero-order chi connectivity index (χ0) is 13.5. The number of hydrogen-bond acceptors (Lipinski definition) is 2. The van der Waals surface area contributed by atoms with E-state index in [1.165, 1.54) is 13.2 Å². The average molecular weight is 270 g/mol. The normalized spacial score (nSPS) is 11.8. The van der Waals surface area contributed by atoms with E-state index in [1.807, 2.05) is 13.0 Å². The molecule has 0 saturated carbocycles. The first-order valence-corrected chi connectivity index (χ1v) is 6.37. The van der Waals surface area contributed by atoms with Crippen molar-refractivity contribution >= 4 is 17.3 Å². The van der Waals surface area contributed by atoms with Gasteiger partial charge in [-0.25, -0.2) is 4.39 Å². The molecule has 0 aliphatic heterocycles. The maximum absolute atomic E-state index is 13.5. The number of methoxy groups -OCH3 is 1. The van der Waals surface area contributed by atoms with Gasteiger partial charge in [0.25, 0.3) is 0 Å². The number of thiocarbonyl (C=S) groups is 1. The second kappa shape index (κ2) is 7.16. The summed E-state index contributed by atoms with van der Waals surface area (Å²) in [6.45, 7) is 4.83. The minimum absolute atomic E-state index is 0.0535. The summed E-state index contributed by atoms with van der Waals surface area (Å²) in [5.74, 6) is -0.117. The summed E-state index contributed by atoms with van der Waals surface area (Å²) in [5, 5.41) is 6.76. The monoisotopic (exact) mass is 270 g/mol. The Kier molecular flexibility index (Phi) is 5.85. The highest BCUT2D eigenvalue weighted by molar-refractivity contribution is 7.80. The smallest absolute Gasteiger partial charge is 0.166 e. The van der Waals surface area contributed by atoms with Gasteiger partial charge in [0.05, 0.1) is 13.2 Å². The fourth-order valence-electron chi connectivity index (χ4n) is 1.52. The van der Waals surface area contributed by atoms with Crippen molar-refractivity contribution in [2.24, 2.45) is 0 Å². The number of ether oxygens (including phenoxy) is 1. The second-order valence-corrected chi connectivity index (χ2v) is 4.42. The van der Waals surface area contributed by atoms with Gasteiger partial charge in [0.2, 0.25) is 0 Å². The van der Waals surface area contributed by atoms with Crippen molar-refractivity contribution in [1.82, 2.24) is 10.6 Å². The van der Waals surface area contributed by atoms with Crippen molar-refractivity contribution in [3.63, 3.8) is 0 Å². The largest absolute Gasteiger partial charge is 0.494 e. The van der Waals surface area contributed by atoms with Crippen molar-refractivity contribution in [1.29, 1.82) is 0 Å². The van der Waals surface area contributed by atoms with Gasteiger partial charge < -0.3 is 15.4 Å². The van der Waals surface area contributed by atoms with Gasteiger partial charge >= 0.3 is 0 Å². The van der Waals surface area contributed by atoms with Crippen molar-refractivity contribution in [2.45, 2.75) is 26.3 Å². The average Bonchev–Trinajstić information content (AvgIpc) is 2.36. The van der Waals surface area contributed by atoms with Crippen molar-refractivity contribution in [2.75, 3.05) is 13.7 Å². The van der Waals surface area contributed by atoms with Crippen LogP contribution in [0.25, 0.3) is 0 Å². The van der Waals surface area contributed by atoms with E-state index < -0.39 is 0 Å². The Labute approximate surface area is 113 Å². The van der Waals surface area contributed by atoms with Crippen LogP contribution in [0, 0.1) is 5.82 Å². The number of hydrogen-bond donors (Lipinski definition) is 2. The molecular weight excluding hydrogens is 251 g/mol. The third kappa shape index (κ3) is 4.14. The van der Waals surface area contributed by atoms with Crippen molar-refractivity contribution < 1.29 is 9.13 Å². The van der Waals surface area contributed by atoms with Crippen molar-refractivity contribution in [3.05, 3.63) is 29.6 Å². The lowest BCUT2D eigenvalue weighted by Crippen LogP contribution is -2.37. The van der Waals surface area contributed by atoms with E-state index in [4.69, 9.17) is 17.0 Å². The first-order valence-electron chi connectivity index (χ1n) is 5.96. The molecule has 0 amide bonds. The van der Waals surface area contributed by atoms with E-state index in [2.05, 4.69) is 17.6 Å². The predicted octanol–water partition coefficient (Wildman–Crippen LogP) is 2.77. The molecule has 1 aromatic rings. The highest BCUT2D eigenvalue weighted by Gasteiger charge is 2.10. The van der Waals surface area contributed by atoms with Crippen LogP contribution in [0.1, 0.15) is 31.9 Å². The van der Waals surface area contributed by atoms with Gasteiger partial charge in [-0.1, -0.05) is 13.0 Å². The molecule has 0 fully saturated rings. The molecule has 18 heavy (non-hydrogen) atoms. The van der Waals surface area contributed by atoms with Crippen LogP contribution in [0.2, 0.25) is 0 Å². The summed E-state index contributed by atoms with van der Waals surface area (Å²) >= 11 is 5.14. The number of rotatable bonds is 5. The van der Waals surface area contributed by atoms with Crippen LogP contribution < -0.4 is 15.4 Å². The summed E-state index contributed by atoms with van der Waals surface area (Å²) in [6, 6.07) is 4.84. The Morgan fingerprint density at radius 2 is 2.22 bits per heavy atom. The molecule has 0 aliphatic carbocycles. The number of benzene rings is 1. The van der Waals surface area contributed by atoms with Crippen LogP contribution in [0.5, 0.6) is 5.75 Å². The summed E-state index contributed by atoms with van der Waals surface area (Å²) in [5.41, 5.74) is 0.828. The minimum atomic E-state index is -0.365. The molecule has 100 valence electrons. The first-order chi connectivity index (χ1) is 8.58. The molecule has 5 heteroatoms. The molecule has 1 atom stereocenters. The van der Waals surface area contributed by atoms with E-state index in [0.29, 0.717) is 5.11 Å². The SMILES string of the molecule is CCCNC(=S)N[C@@H](C)c1ccc(OC)c(F)c1. The summed E-state index contributed by atoms with van der Waals surface area (Å²) < 4.78 is 18.4. The quantitative estimate of drug-likeness (QED) is 0.806. The predicted molar refractivity (Wildman–Crippen MR) is 75.4 cm³/mol. The third-order valence-electron chi connectivity index (χ3n) is 2.56. The van der Waals surface area contributed by atoms with Crippen LogP contribution >= 0.6 is 12.2 Å². The Balaban J connectivity index is 2.63. The Hall–Kier alpha value is -1.36. The van der Waals surface area contributed by atoms with Gasteiger partial charge in [-0.3, -0.25) is 0 Å². The topological polar surface area (TPSA) is 33.3 Å². The Bertz CT molecular complexity index is 412. The van der Waals surface area contributed by atoms with Gasteiger partial charge in [-0.15, -0.1) is 0 Å². The standard InChI is InChI=1S/C13H19FN2OS/c1-4-7-15-13(18)16-9(2)10-5-6-12(17-3)11(14)8-10/h5-6,8-9H,4,7H2,1-3H3,(H2,15,16,18)/t9-/m0/s1. The van der Waals surface area contributed by atoms with Gasteiger partial charge in [0.1, 0.15) is 0 Å². The Morgan fingerprint density at radius 1 is 1.50 bits per heavy atom. The molecule has 0 aromatic heterocycles. The maximum atomic E-state index is 13.5. The molecule has 3 nitrogen and oxygen atoms in total. The molecule has 0 aliphatic rings. The van der Waals surface area contributed by atoms with E-state index >= 15 is 0 Å². The summed E-state index contributed by atoms with van der Waals surface area (Å²) in [7, 11) is 1.45. The van der Waals surface area contributed by atoms with E-state index in [-0.39, 0.29) is 17.6 Å². The lowest BCUT2D eigenvalue weighted by molar-refractivity contribution is 0.386. The maximum Gasteiger partial charge on any atom is 0.166 e. The minimum Gasteiger partial charge on any atom is -0.494 e. The molecule has 0 spiro atoms. The van der Waals surface area contributed by atoms with Crippen LogP contribution in [0.15, 0.2) is 18.2 Å². The molecule has 0 heterocycles. The molecule has 0 bridgehead atoms. The molecule has 1 rings (SSSR count). The lowest BCUT2D eigenvalue weighted by Gasteiger charge is -2.17. The molecule has 0 saturated heterocycles. The Morgan fingerprint density at radius 3 is 2.78 bits per heavy atom. The van der Waals surface area contributed by atoms with E-state index in [1.54, 1.807) is 6.07 Å². The van der Waals surface area contributed by atoms with Gasteiger partial charge in [-0.2, -0.15) is 0 Å². The molecule has 0 unspecified atom stereocenters. The van der Waals surface area contributed by atoms with Gasteiger partial charge in [0, 0.05) is 6.54 Å². The van der Waals surface area contributed by atoms with E-state index in [0.717, 1.165) is 18.5 Å². The van der Waals surface area contributed by atoms with Crippen LogP contribution in [-0.4, -0.2) is 18.8 Å². The zero-order valence-electron chi connectivity index (χ0n) is 10.9. The lowest BCUT2D eigenvalue weighted by atomic mass is 10.1. The summed E-state index contributed by atoms with van der Waals surface area (Å²) in [6.07, 6.45) is 1.01. The molecule has 0 radical (unpaired) electrons. The fourth-order valence-corrected chi connectivity index (χ4v) is 1.80.